The van der Waals surface area contributed by atoms with Crippen LogP contribution in [-0.2, 0) is 0 Å². The number of hydrazone groups is 1. The van der Waals surface area contributed by atoms with Crippen molar-refractivity contribution in [3.8, 4) is 17.2 Å². The number of esters is 1. The molecule has 1 N–H and O–H groups in total. The number of hydrogen-bond acceptors (Lipinski definition) is 6. The lowest BCUT2D eigenvalue weighted by molar-refractivity contribution is 0.0734. The molecule has 0 saturated heterocycles. The van der Waals surface area contributed by atoms with Crippen LogP contribution in [0.5, 0.6) is 17.2 Å². The zero-order chi connectivity index (χ0) is 21.6. The topological polar surface area (TPSA) is 86.2 Å². The lowest BCUT2D eigenvalue weighted by Crippen LogP contribution is -2.19. The van der Waals surface area contributed by atoms with Crippen molar-refractivity contribution in [1.82, 2.24) is 5.43 Å². The average molecular weight is 437 g/mol. The van der Waals surface area contributed by atoms with Gasteiger partial charge < -0.3 is 14.2 Å². The van der Waals surface area contributed by atoms with Crippen LogP contribution in [0.3, 0.4) is 0 Å². The van der Waals surface area contributed by atoms with Gasteiger partial charge in [-0.15, -0.1) is 0 Å². The monoisotopic (exact) mass is 436 g/mol. The molecule has 31 heavy (non-hydrogen) atoms. The quantitative estimate of drug-likeness (QED) is 0.282. The van der Waals surface area contributed by atoms with Crippen LogP contribution in [0.4, 0.5) is 0 Å². The fraction of sp³-hybridized carbons (Fsp3) is 0.0870. The van der Waals surface area contributed by atoms with E-state index in [-0.39, 0.29) is 5.56 Å². The number of carbonyl (C=O) groups excluding carboxylic acids is 2. The van der Waals surface area contributed by atoms with Crippen molar-refractivity contribution in [2.45, 2.75) is 0 Å². The van der Waals surface area contributed by atoms with Gasteiger partial charge in [0.2, 0.25) is 0 Å². The van der Waals surface area contributed by atoms with E-state index in [4.69, 9.17) is 25.8 Å². The van der Waals surface area contributed by atoms with Gasteiger partial charge in [-0.25, -0.2) is 10.2 Å². The first-order valence-electron chi connectivity index (χ1n) is 9.40. The van der Waals surface area contributed by atoms with E-state index >= 15 is 0 Å². The summed E-state index contributed by atoms with van der Waals surface area (Å²) >= 11 is 6.03. The molecule has 156 valence electrons. The Balaban J connectivity index is 1.39. The second-order valence-corrected chi connectivity index (χ2v) is 6.91. The minimum absolute atomic E-state index is 0.273. The van der Waals surface area contributed by atoms with Gasteiger partial charge >= 0.3 is 5.97 Å². The molecule has 1 aliphatic heterocycles. The van der Waals surface area contributed by atoms with Crippen molar-refractivity contribution in [3.63, 3.8) is 0 Å². The summed E-state index contributed by atoms with van der Waals surface area (Å²) in [6.45, 7) is 0.920. The summed E-state index contributed by atoms with van der Waals surface area (Å²) in [5, 5.41) is 4.28. The van der Waals surface area contributed by atoms with Gasteiger partial charge in [0.1, 0.15) is 19.0 Å². The standard InChI is InChI=1S/C23H17ClN2O5/c24-19-7-2-1-6-18(19)23(28)31-17-5-3-4-15(12-17)14-25-26-22(27)16-8-9-20-21(13-16)30-11-10-29-20/h1-9,12-14H,10-11H2,(H,26,27)/b25-14-. The second-order valence-electron chi connectivity index (χ2n) is 6.50. The summed E-state index contributed by atoms with van der Waals surface area (Å²) in [6, 6.07) is 18.3. The molecule has 0 radical (unpaired) electrons. The van der Waals surface area contributed by atoms with E-state index < -0.39 is 11.9 Å². The van der Waals surface area contributed by atoms with Crippen LogP contribution in [-0.4, -0.2) is 31.3 Å². The van der Waals surface area contributed by atoms with E-state index in [2.05, 4.69) is 10.5 Å². The van der Waals surface area contributed by atoms with Crippen LogP contribution in [0.2, 0.25) is 5.02 Å². The first-order valence-corrected chi connectivity index (χ1v) is 9.78. The van der Waals surface area contributed by atoms with E-state index in [0.29, 0.717) is 46.6 Å². The SMILES string of the molecule is O=C(N/N=C\c1cccc(OC(=O)c2ccccc2Cl)c1)c1ccc2c(c1)OCCO2. The molecule has 8 heteroatoms. The zero-order valence-electron chi connectivity index (χ0n) is 16.2. The van der Waals surface area contributed by atoms with Crippen molar-refractivity contribution in [2.24, 2.45) is 5.10 Å². The van der Waals surface area contributed by atoms with Crippen LogP contribution in [0, 0.1) is 0 Å². The highest BCUT2D eigenvalue weighted by Crippen LogP contribution is 2.30. The number of carbonyl (C=O) groups is 2. The maximum Gasteiger partial charge on any atom is 0.345 e. The number of halogens is 1. The predicted octanol–water partition coefficient (Wildman–Crippen LogP) is 4.09. The predicted molar refractivity (Wildman–Crippen MR) is 115 cm³/mol. The first kappa shape index (κ1) is 20.4. The molecule has 1 amide bonds. The Labute approximate surface area is 183 Å². The number of hydrogen-bond donors (Lipinski definition) is 1. The average Bonchev–Trinajstić information content (AvgIpc) is 2.79. The fourth-order valence-electron chi connectivity index (χ4n) is 2.86. The van der Waals surface area contributed by atoms with Crippen LogP contribution in [0.1, 0.15) is 26.3 Å². The van der Waals surface area contributed by atoms with E-state index in [1.807, 2.05) is 0 Å². The highest BCUT2D eigenvalue weighted by molar-refractivity contribution is 6.33. The number of rotatable bonds is 5. The smallest absolute Gasteiger partial charge is 0.345 e. The lowest BCUT2D eigenvalue weighted by Gasteiger charge is -2.18. The Morgan fingerprint density at radius 1 is 0.968 bits per heavy atom. The minimum atomic E-state index is -0.563. The minimum Gasteiger partial charge on any atom is -0.486 e. The van der Waals surface area contributed by atoms with Crippen LogP contribution >= 0.6 is 11.6 Å². The lowest BCUT2D eigenvalue weighted by atomic mass is 10.2. The summed E-state index contributed by atoms with van der Waals surface area (Å²) in [5.41, 5.74) is 3.75. The van der Waals surface area contributed by atoms with Gasteiger partial charge in [-0.05, 0) is 48.0 Å². The molecule has 0 fully saturated rings. The number of amides is 1. The molecule has 0 atom stereocenters. The van der Waals surface area contributed by atoms with Crippen LogP contribution in [0.15, 0.2) is 71.8 Å². The number of benzene rings is 3. The Kier molecular flexibility index (Phi) is 6.14. The van der Waals surface area contributed by atoms with Gasteiger partial charge in [-0.1, -0.05) is 35.9 Å². The number of nitrogens with one attached hydrogen (secondary N) is 1. The number of fused-ring (bicyclic) bond motifs is 1. The molecule has 3 aromatic rings. The van der Waals surface area contributed by atoms with Crippen molar-refractivity contribution in [1.29, 1.82) is 0 Å². The molecule has 1 heterocycles. The van der Waals surface area contributed by atoms with E-state index in [0.717, 1.165) is 0 Å². The fourth-order valence-corrected chi connectivity index (χ4v) is 3.07. The third kappa shape index (κ3) is 5.02. The molecular weight excluding hydrogens is 420 g/mol. The Bertz CT molecular complexity index is 1160. The van der Waals surface area contributed by atoms with E-state index in [1.165, 1.54) is 6.21 Å². The molecule has 0 aliphatic carbocycles. The second kappa shape index (κ2) is 9.32. The van der Waals surface area contributed by atoms with Crippen molar-refractivity contribution in [3.05, 3.63) is 88.4 Å². The molecule has 4 rings (SSSR count). The maximum absolute atomic E-state index is 12.3. The highest BCUT2D eigenvalue weighted by Gasteiger charge is 2.15. The van der Waals surface area contributed by atoms with E-state index in [9.17, 15) is 9.59 Å². The summed E-state index contributed by atoms with van der Waals surface area (Å²) in [4.78, 5) is 24.6. The number of nitrogens with zero attached hydrogens (tertiary/aromatic N) is 1. The van der Waals surface area contributed by atoms with Crippen molar-refractivity contribution in [2.75, 3.05) is 13.2 Å². The summed E-state index contributed by atoms with van der Waals surface area (Å²) in [7, 11) is 0. The molecule has 0 unspecified atom stereocenters. The van der Waals surface area contributed by atoms with Gasteiger partial charge in [-0.2, -0.15) is 5.10 Å². The molecule has 7 nitrogen and oxygen atoms in total. The van der Waals surface area contributed by atoms with Crippen molar-refractivity contribution >= 4 is 29.7 Å². The normalized spacial score (nSPS) is 12.4. The molecule has 0 bridgehead atoms. The Morgan fingerprint density at radius 2 is 1.77 bits per heavy atom. The number of ether oxygens (including phenoxy) is 3. The largest absolute Gasteiger partial charge is 0.486 e. The molecule has 1 aliphatic rings. The first-order chi connectivity index (χ1) is 15.1. The summed E-state index contributed by atoms with van der Waals surface area (Å²) in [6.07, 6.45) is 1.45. The van der Waals surface area contributed by atoms with Gasteiger partial charge in [0, 0.05) is 5.56 Å². The van der Waals surface area contributed by atoms with Crippen LogP contribution in [0.25, 0.3) is 0 Å². The van der Waals surface area contributed by atoms with Gasteiger partial charge in [-0.3, -0.25) is 4.79 Å². The maximum atomic E-state index is 12.3. The molecule has 0 spiro atoms. The molecule has 3 aromatic carbocycles. The van der Waals surface area contributed by atoms with Gasteiger partial charge in [0.15, 0.2) is 11.5 Å². The summed E-state index contributed by atoms with van der Waals surface area (Å²) in [5.74, 6) is 0.499. The van der Waals surface area contributed by atoms with Gasteiger partial charge in [0.25, 0.3) is 5.91 Å². The molecule has 0 saturated carbocycles. The zero-order valence-corrected chi connectivity index (χ0v) is 17.0. The Morgan fingerprint density at radius 3 is 2.61 bits per heavy atom. The third-order valence-electron chi connectivity index (χ3n) is 4.35. The molecular formula is C23H17ClN2O5. The Hall–Kier alpha value is -3.84. The highest BCUT2D eigenvalue weighted by atomic mass is 35.5. The van der Waals surface area contributed by atoms with Crippen molar-refractivity contribution < 1.29 is 23.8 Å². The molecule has 0 aromatic heterocycles. The summed E-state index contributed by atoms with van der Waals surface area (Å²) < 4.78 is 16.3. The van der Waals surface area contributed by atoms with Gasteiger partial charge in [0.05, 0.1) is 16.8 Å². The van der Waals surface area contributed by atoms with E-state index in [1.54, 1.807) is 66.7 Å². The van der Waals surface area contributed by atoms with Crippen LogP contribution < -0.4 is 19.6 Å². The third-order valence-corrected chi connectivity index (χ3v) is 4.68.